The lowest BCUT2D eigenvalue weighted by Crippen LogP contribution is -2.36. The summed E-state index contributed by atoms with van der Waals surface area (Å²) >= 11 is 0. The summed E-state index contributed by atoms with van der Waals surface area (Å²) in [5, 5.41) is 0. The molecule has 3 N–H and O–H groups in total. The molecule has 4 nitrogen and oxygen atoms in total. The molecule has 11 heavy (non-hydrogen) atoms. The van der Waals surface area contributed by atoms with Gasteiger partial charge in [0, 0.05) is 26.8 Å². The standard InChI is InChI=1S/C5H13N3.C2H6O/c1-8-3-2-5(4-8)7-6;1-3-2/h5,7H,2-4,6H2,1H3;1-2H3. The van der Waals surface area contributed by atoms with Crippen molar-refractivity contribution in [1.29, 1.82) is 0 Å². The van der Waals surface area contributed by atoms with Crippen LogP contribution in [0.5, 0.6) is 0 Å². The van der Waals surface area contributed by atoms with E-state index in [2.05, 4.69) is 22.1 Å². The number of nitrogens with one attached hydrogen (secondary N) is 1. The maximum absolute atomic E-state index is 5.22. The Hall–Kier alpha value is -0.160. The molecule has 0 amide bonds. The topological polar surface area (TPSA) is 50.5 Å². The van der Waals surface area contributed by atoms with Gasteiger partial charge in [0.1, 0.15) is 0 Å². The summed E-state index contributed by atoms with van der Waals surface area (Å²) in [5.41, 5.74) is 2.75. The zero-order valence-electron chi connectivity index (χ0n) is 7.63. The first-order chi connectivity index (χ1) is 5.24. The molecule has 1 unspecified atom stereocenters. The Morgan fingerprint density at radius 3 is 2.27 bits per heavy atom. The van der Waals surface area contributed by atoms with Gasteiger partial charge in [-0.05, 0) is 20.0 Å². The summed E-state index contributed by atoms with van der Waals surface area (Å²) in [7, 11) is 5.36. The highest BCUT2D eigenvalue weighted by atomic mass is 16.4. The Balaban J connectivity index is 0.000000292. The van der Waals surface area contributed by atoms with Gasteiger partial charge < -0.3 is 9.64 Å². The van der Waals surface area contributed by atoms with Gasteiger partial charge in [-0.15, -0.1) is 0 Å². The van der Waals surface area contributed by atoms with E-state index in [1.54, 1.807) is 14.2 Å². The summed E-state index contributed by atoms with van der Waals surface area (Å²) in [6, 6.07) is 0.528. The van der Waals surface area contributed by atoms with Crippen LogP contribution in [0.3, 0.4) is 0 Å². The van der Waals surface area contributed by atoms with Crippen LogP contribution in [0.25, 0.3) is 0 Å². The predicted octanol–water partition coefficient (Wildman–Crippen LogP) is -0.584. The second-order valence-electron chi connectivity index (χ2n) is 2.82. The number of hydrogen-bond donors (Lipinski definition) is 2. The second-order valence-corrected chi connectivity index (χ2v) is 2.82. The zero-order valence-corrected chi connectivity index (χ0v) is 7.63. The highest BCUT2D eigenvalue weighted by molar-refractivity contribution is 4.75. The van der Waals surface area contributed by atoms with Crippen molar-refractivity contribution in [3.05, 3.63) is 0 Å². The number of likely N-dealkylation sites (N-methyl/N-ethyl adjacent to an activating group) is 1. The highest BCUT2D eigenvalue weighted by Gasteiger charge is 2.16. The third kappa shape index (κ3) is 5.15. The summed E-state index contributed by atoms with van der Waals surface area (Å²) in [6.45, 7) is 2.27. The summed E-state index contributed by atoms with van der Waals surface area (Å²) in [6.07, 6.45) is 1.19. The number of hydrogen-bond acceptors (Lipinski definition) is 4. The minimum Gasteiger partial charge on any atom is -0.388 e. The molecule has 0 aromatic carbocycles. The van der Waals surface area contributed by atoms with Crippen LogP contribution in [-0.4, -0.2) is 45.3 Å². The van der Waals surface area contributed by atoms with E-state index < -0.39 is 0 Å². The molecule has 1 fully saturated rings. The lowest BCUT2D eigenvalue weighted by molar-refractivity contribution is 0.277. The fourth-order valence-corrected chi connectivity index (χ4v) is 1.07. The molecule has 0 saturated carbocycles. The molecule has 0 aliphatic carbocycles. The molecule has 0 spiro atoms. The van der Waals surface area contributed by atoms with E-state index in [1.165, 1.54) is 13.0 Å². The molecule has 4 heteroatoms. The quantitative estimate of drug-likeness (QED) is 0.399. The first kappa shape index (κ1) is 10.8. The molecule has 1 heterocycles. The fraction of sp³-hybridized carbons (Fsp3) is 1.00. The Kier molecular flexibility index (Phi) is 6.45. The fourth-order valence-electron chi connectivity index (χ4n) is 1.07. The molecule has 0 aromatic rings. The van der Waals surface area contributed by atoms with Crippen LogP contribution >= 0.6 is 0 Å². The molecular weight excluding hydrogens is 142 g/mol. The van der Waals surface area contributed by atoms with Crippen LogP contribution in [0.4, 0.5) is 0 Å². The summed E-state index contributed by atoms with van der Waals surface area (Å²) < 4.78 is 4.25. The van der Waals surface area contributed by atoms with Crippen molar-refractivity contribution in [3.8, 4) is 0 Å². The number of nitrogens with zero attached hydrogens (tertiary/aromatic N) is 1. The van der Waals surface area contributed by atoms with Crippen molar-refractivity contribution >= 4 is 0 Å². The molecule has 1 aliphatic heterocycles. The van der Waals surface area contributed by atoms with Gasteiger partial charge in [-0.3, -0.25) is 11.3 Å². The largest absolute Gasteiger partial charge is 0.388 e. The molecule has 1 atom stereocenters. The van der Waals surface area contributed by atoms with Gasteiger partial charge in [-0.1, -0.05) is 0 Å². The van der Waals surface area contributed by atoms with Crippen LogP contribution < -0.4 is 11.3 Å². The minimum absolute atomic E-state index is 0.528. The van der Waals surface area contributed by atoms with Crippen molar-refractivity contribution in [1.82, 2.24) is 10.3 Å². The first-order valence-electron chi connectivity index (χ1n) is 3.79. The van der Waals surface area contributed by atoms with E-state index in [-0.39, 0.29) is 0 Å². The molecule has 1 saturated heterocycles. The van der Waals surface area contributed by atoms with E-state index in [0.29, 0.717) is 6.04 Å². The maximum atomic E-state index is 5.22. The molecule has 0 bridgehead atoms. The van der Waals surface area contributed by atoms with Gasteiger partial charge in [0.05, 0.1) is 0 Å². The van der Waals surface area contributed by atoms with Crippen LogP contribution in [0.15, 0.2) is 0 Å². The van der Waals surface area contributed by atoms with Crippen molar-refractivity contribution in [2.24, 2.45) is 5.84 Å². The third-order valence-corrected chi connectivity index (χ3v) is 1.63. The van der Waals surface area contributed by atoms with Crippen molar-refractivity contribution < 1.29 is 4.74 Å². The van der Waals surface area contributed by atoms with Gasteiger partial charge >= 0.3 is 0 Å². The number of likely N-dealkylation sites (tertiary alicyclic amines) is 1. The number of hydrazine groups is 1. The van der Waals surface area contributed by atoms with Crippen LogP contribution in [-0.2, 0) is 4.74 Å². The Bertz CT molecular complexity index is 89.8. The molecule has 1 rings (SSSR count). The molecule has 68 valence electrons. The third-order valence-electron chi connectivity index (χ3n) is 1.63. The van der Waals surface area contributed by atoms with E-state index in [0.717, 1.165) is 6.54 Å². The van der Waals surface area contributed by atoms with E-state index in [9.17, 15) is 0 Å². The maximum Gasteiger partial charge on any atom is 0.0351 e. The van der Waals surface area contributed by atoms with Crippen LogP contribution in [0, 0.1) is 0 Å². The smallest absolute Gasteiger partial charge is 0.0351 e. The average Bonchev–Trinajstić information content (AvgIpc) is 2.37. The van der Waals surface area contributed by atoms with Gasteiger partial charge in [0.15, 0.2) is 0 Å². The highest BCUT2D eigenvalue weighted by Crippen LogP contribution is 2.03. The molecule has 1 aliphatic rings. The molecular formula is C7H19N3O. The molecule has 0 radical (unpaired) electrons. The van der Waals surface area contributed by atoms with E-state index in [4.69, 9.17) is 5.84 Å². The van der Waals surface area contributed by atoms with Gasteiger partial charge in [-0.2, -0.15) is 0 Å². The van der Waals surface area contributed by atoms with Crippen molar-refractivity contribution in [3.63, 3.8) is 0 Å². The summed E-state index contributed by atoms with van der Waals surface area (Å²) in [4.78, 5) is 2.27. The second kappa shape index (κ2) is 6.54. The Labute approximate surface area is 68.7 Å². The summed E-state index contributed by atoms with van der Waals surface area (Å²) in [5.74, 6) is 5.22. The number of rotatable bonds is 1. The molecule has 0 aromatic heterocycles. The van der Waals surface area contributed by atoms with E-state index in [1.807, 2.05) is 0 Å². The number of methoxy groups -OCH3 is 1. The van der Waals surface area contributed by atoms with Crippen LogP contribution in [0.2, 0.25) is 0 Å². The van der Waals surface area contributed by atoms with E-state index >= 15 is 0 Å². The SMILES string of the molecule is CN1CCC(NN)C1.COC. The van der Waals surface area contributed by atoms with Gasteiger partial charge in [-0.25, -0.2) is 0 Å². The predicted molar refractivity (Wildman–Crippen MR) is 46.2 cm³/mol. The van der Waals surface area contributed by atoms with Gasteiger partial charge in [0.25, 0.3) is 0 Å². The monoisotopic (exact) mass is 161 g/mol. The number of nitrogens with two attached hydrogens (primary N) is 1. The van der Waals surface area contributed by atoms with Gasteiger partial charge in [0.2, 0.25) is 0 Å². The average molecular weight is 161 g/mol. The Morgan fingerprint density at radius 2 is 2.09 bits per heavy atom. The van der Waals surface area contributed by atoms with Crippen molar-refractivity contribution in [2.75, 3.05) is 34.4 Å². The first-order valence-corrected chi connectivity index (χ1v) is 3.79. The van der Waals surface area contributed by atoms with Crippen molar-refractivity contribution in [2.45, 2.75) is 12.5 Å². The van der Waals surface area contributed by atoms with Crippen LogP contribution in [0.1, 0.15) is 6.42 Å². The lowest BCUT2D eigenvalue weighted by Gasteiger charge is -2.07. The number of ether oxygens (including phenoxy) is 1. The minimum atomic E-state index is 0.528. The normalized spacial score (nSPS) is 24.5. The Morgan fingerprint density at radius 1 is 1.55 bits per heavy atom. The lowest BCUT2D eigenvalue weighted by atomic mass is 10.3. The zero-order chi connectivity index (χ0) is 8.69.